The van der Waals surface area contributed by atoms with Crippen LogP contribution in [0.2, 0.25) is 0 Å². The fourth-order valence-corrected chi connectivity index (χ4v) is 7.41. The number of hydrogen-bond donors (Lipinski definition) is 1. The van der Waals surface area contributed by atoms with Crippen molar-refractivity contribution in [2.45, 2.75) is 59.3 Å². The molecule has 41 heavy (non-hydrogen) atoms. The van der Waals surface area contributed by atoms with Gasteiger partial charge in [-0.05, 0) is 79.3 Å². The largest absolute Gasteiger partial charge is 0.448 e. The van der Waals surface area contributed by atoms with E-state index in [1.807, 2.05) is 0 Å². The zero-order valence-electron chi connectivity index (χ0n) is 22.8. The van der Waals surface area contributed by atoms with Gasteiger partial charge >= 0.3 is 5.69 Å². The van der Waals surface area contributed by atoms with Gasteiger partial charge in [-0.3, -0.25) is 29.8 Å². The van der Waals surface area contributed by atoms with Gasteiger partial charge in [0, 0.05) is 47.4 Å². The summed E-state index contributed by atoms with van der Waals surface area (Å²) in [6, 6.07) is 6.65. The molecule has 2 aliphatic carbocycles. The van der Waals surface area contributed by atoms with E-state index in [9.17, 15) is 29.8 Å². The van der Waals surface area contributed by atoms with Crippen LogP contribution in [0.25, 0.3) is 0 Å². The van der Waals surface area contributed by atoms with Crippen molar-refractivity contribution in [2.24, 2.45) is 10.8 Å². The highest BCUT2D eigenvalue weighted by Gasteiger charge is 2.46. The Bertz CT molecular complexity index is 1550. The van der Waals surface area contributed by atoms with Gasteiger partial charge in [0.05, 0.1) is 24.9 Å². The van der Waals surface area contributed by atoms with E-state index >= 15 is 0 Å². The maximum Gasteiger partial charge on any atom is 0.318 e. The van der Waals surface area contributed by atoms with Crippen molar-refractivity contribution >= 4 is 54.8 Å². The standard InChI is InChI=1S/C29H27Br2N3O7/c1-28(2)10-18-25(21(35)12-28)24(26-19(32-18)11-29(3,4)13-22(26)36)14-7-16(30)27(17(31)8-14)41-23-6-5-15(33(37)38)9-20(23)34(39)40/h5-9,24,32H,10-13H2,1-4H3. The third-order valence-electron chi connectivity index (χ3n) is 7.64. The molecule has 214 valence electrons. The second-order valence-corrected chi connectivity index (χ2v) is 14.0. The zero-order chi connectivity index (χ0) is 30.0. The van der Waals surface area contributed by atoms with E-state index in [4.69, 9.17) is 4.74 Å². The number of ketones is 2. The molecule has 5 rings (SSSR count). The first-order valence-corrected chi connectivity index (χ1v) is 14.5. The van der Waals surface area contributed by atoms with E-state index in [1.165, 1.54) is 6.07 Å². The fraction of sp³-hybridized carbons (Fsp3) is 0.379. The van der Waals surface area contributed by atoms with Crippen molar-refractivity contribution < 1.29 is 24.2 Å². The van der Waals surface area contributed by atoms with Crippen LogP contribution in [0.15, 0.2) is 61.8 Å². The minimum atomic E-state index is -0.748. The van der Waals surface area contributed by atoms with Crippen LogP contribution in [-0.4, -0.2) is 21.4 Å². The van der Waals surface area contributed by atoms with Gasteiger partial charge in [0.2, 0.25) is 5.75 Å². The van der Waals surface area contributed by atoms with Crippen LogP contribution >= 0.6 is 31.9 Å². The van der Waals surface area contributed by atoms with Crippen molar-refractivity contribution in [1.29, 1.82) is 0 Å². The molecule has 0 unspecified atom stereocenters. The lowest BCUT2D eigenvalue weighted by molar-refractivity contribution is -0.394. The van der Waals surface area contributed by atoms with E-state index in [1.54, 1.807) is 12.1 Å². The van der Waals surface area contributed by atoms with Crippen molar-refractivity contribution in [3.63, 3.8) is 0 Å². The van der Waals surface area contributed by atoms with E-state index in [2.05, 4.69) is 64.9 Å². The van der Waals surface area contributed by atoms with Crippen LogP contribution in [0.1, 0.15) is 64.9 Å². The lowest BCUT2D eigenvalue weighted by Gasteiger charge is -2.44. The third-order valence-corrected chi connectivity index (χ3v) is 8.81. The van der Waals surface area contributed by atoms with Crippen LogP contribution in [0.4, 0.5) is 11.4 Å². The number of nitrogens with one attached hydrogen (secondary N) is 1. The molecule has 0 aromatic heterocycles. The molecular formula is C29H27Br2N3O7. The molecule has 0 spiro atoms. The van der Waals surface area contributed by atoms with Gasteiger partial charge in [-0.25, -0.2) is 0 Å². The number of ether oxygens (including phenoxy) is 1. The number of dihydropyridines is 1. The Morgan fingerprint density at radius 3 is 1.80 bits per heavy atom. The van der Waals surface area contributed by atoms with Gasteiger partial charge in [0.25, 0.3) is 5.69 Å². The minimum Gasteiger partial charge on any atom is -0.448 e. The van der Waals surface area contributed by atoms with Gasteiger partial charge in [-0.15, -0.1) is 0 Å². The predicted octanol–water partition coefficient (Wildman–Crippen LogP) is 7.79. The number of halogens is 2. The minimum absolute atomic E-state index is 0.00740. The van der Waals surface area contributed by atoms with Crippen molar-refractivity contribution in [1.82, 2.24) is 5.32 Å². The molecule has 0 fully saturated rings. The van der Waals surface area contributed by atoms with Crippen LogP contribution in [-0.2, 0) is 9.59 Å². The summed E-state index contributed by atoms with van der Waals surface area (Å²) in [5.41, 5.74) is 2.12. The first-order valence-electron chi connectivity index (χ1n) is 13.0. The molecule has 2 aromatic rings. The number of allylic oxidation sites excluding steroid dienone is 4. The molecule has 1 heterocycles. The zero-order valence-corrected chi connectivity index (χ0v) is 26.0. The Morgan fingerprint density at radius 1 is 0.829 bits per heavy atom. The topological polar surface area (TPSA) is 142 Å². The summed E-state index contributed by atoms with van der Waals surface area (Å²) in [7, 11) is 0. The molecule has 0 amide bonds. The Morgan fingerprint density at radius 2 is 1.34 bits per heavy atom. The van der Waals surface area contributed by atoms with E-state index in [0.717, 1.165) is 23.5 Å². The molecule has 12 heteroatoms. The molecule has 0 saturated heterocycles. The molecule has 2 aromatic carbocycles. The van der Waals surface area contributed by atoms with Crippen LogP contribution < -0.4 is 10.1 Å². The van der Waals surface area contributed by atoms with E-state index in [0.29, 0.717) is 51.3 Å². The number of nitro groups is 2. The fourth-order valence-electron chi connectivity index (χ4n) is 6.02. The SMILES string of the molecule is CC1(C)CC(=O)C2=C(C1)NC1=C(C(=O)CC(C)(C)C1)C2c1cc(Br)c(Oc2ccc([N+](=O)[O-])cc2[N+](=O)[O-])c(Br)c1. The second-order valence-electron chi connectivity index (χ2n) is 12.3. The highest BCUT2D eigenvalue weighted by Crippen LogP contribution is 2.52. The van der Waals surface area contributed by atoms with Gasteiger partial charge in [-0.2, -0.15) is 0 Å². The molecule has 1 N–H and O–H groups in total. The first kappa shape index (κ1) is 29.1. The summed E-state index contributed by atoms with van der Waals surface area (Å²) in [5.74, 6) is -0.570. The van der Waals surface area contributed by atoms with E-state index < -0.39 is 27.1 Å². The number of nitrogens with zero attached hydrogens (tertiary/aromatic N) is 2. The maximum absolute atomic E-state index is 13.6. The lowest BCUT2D eigenvalue weighted by atomic mass is 9.64. The molecule has 3 aliphatic rings. The monoisotopic (exact) mass is 687 g/mol. The van der Waals surface area contributed by atoms with Gasteiger partial charge in [0.15, 0.2) is 17.3 Å². The number of Topliss-reactive ketones (excluding diaryl/α,β-unsaturated/α-hetero) is 2. The molecule has 10 nitrogen and oxygen atoms in total. The molecule has 0 saturated carbocycles. The summed E-state index contributed by atoms with van der Waals surface area (Å²) < 4.78 is 6.73. The number of non-ortho nitro benzene ring substituents is 1. The van der Waals surface area contributed by atoms with Crippen LogP contribution in [0.3, 0.4) is 0 Å². The average Bonchev–Trinajstić information content (AvgIpc) is 2.83. The smallest absolute Gasteiger partial charge is 0.318 e. The molecule has 1 aliphatic heterocycles. The predicted molar refractivity (Wildman–Crippen MR) is 158 cm³/mol. The average molecular weight is 689 g/mol. The summed E-state index contributed by atoms with van der Waals surface area (Å²) in [5, 5.41) is 26.3. The molecular weight excluding hydrogens is 662 g/mol. The second kappa shape index (κ2) is 10.2. The Labute approximate surface area is 252 Å². The van der Waals surface area contributed by atoms with Gasteiger partial charge in [-0.1, -0.05) is 27.7 Å². The van der Waals surface area contributed by atoms with Gasteiger partial charge < -0.3 is 10.1 Å². The van der Waals surface area contributed by atoms with E-state index in [-0.39, 0.29) is 33.9 Å². The molecule has 0 bridgehead atoms. The number of nitro benzene ring substituents is 2. The maximum atomic E-state index is 13.6. The summed E-state index contributed by atoms with van der Waals surface area (Å²) in [4.78, 5) is 48.5. The molecule has 0 radical (unpaired) electrons. The van der Waals surface area contributed by atoms with Crippen molar-refractivity contribution in [3.05, 3.63) is 87.6 Å². The van der Waals surface area contributed by atoms with Crippen LogP contribution in [0, 0.1) is 31.1 Å². The number of rotatable bonds is 5. The highest BCUT2D eigenvalue weighted by atomic mass is 79.9. The third kappa shape index (κ3) is 5.46. The Balaban J connectivity index is 1.62. The first-order chi connectivity index (χ1) is 19.1. The quantitative estimate of drug-likeness (QED) is 0.248. The summed E-state index contributed by atoms with van der Waals surface area (Å²) in [6.45, 7) is 8.23. The van der Waals surface area contributed by atoms with Crippen LogP contribution in [0.5, 0.6) is 11.5 Å². The summed E-state index contributed by atoms with van der Waals surface area (Å²) in [6.07, 6.45) is 2.06. The van der Waals surface area contributed by atoms with Crippen molar-refractivity contribution in [2.75, 3.05) is 0 Å². The van der Waals surface area contributed by atoms with Crippen molar-refractivity contribution in [3.8, 4) is 11.5 Å². The number of carbonyl (C=O) groups excluding carboxylic acids is 2. The number of benzene rings is 2. The van der Waals surface area contributed by atoms with Gasteiger partial charge in [0.1, 0.15) is 0 Å². The summed E-state index contributed by atoms with van der Waals surface area (Å²) >= 11 is 7.03. The number of hydrogen-bond acceptors (Lipinski definition) is 8. The Hall–Kier alpha value is -3.38. The Kier molecular flexibility index (Phi) is 7.22. The number of carbonyl (C=O) groups is 2. The normalized spacial score (nSPS) is 19.9. The molecule has 0 atom stereocenters. The lowest BCUT2D eigenvalue weighted by Crippen LogP contribution is -2.42. The highest BCUT2D eigenvalue weighted by molar-refractivity contribution is 9.11.